The minimum atomic E-state index is -2.04. The van der Waals surface area contributed by atoms with Crippen molar-refractivity contribution in [1.82, 2.24) is 25.4 Å². The first kappa shape index (κ1) is 111. The molecule has 1 atom stereocenters. The van der Waals surface area contributed by atoms with E-state index in [2.05, 4.69) is 182 Å². The molecule has 9 N–H and O–H groups in total. The third-order valence-electron chi connectivity index (χ3n) is 20.0. The van der Waals surface area contributed by atoms with E-state index in [-0.39, 0.29) is 84.2 Å². The van der Waals surface area contributed by atoms with Crippen LogP contribution in [0, 0.1) is 12.7 Å². The van der Waals surface area contributed by atoms with Gasteiger partial charge in [0.05, 0.1) is 65.1 Å². The van der Waals surface area contributed by atoms with Gasteiger partial charge in [-0.15, -0.1) is 10.1 Å². The Morgan fingerprint density at radius 1 is 0.596 bits per heavy atom. The topological polar surface area (TPSA) is 358 Å². The molecule has 4 amide bonds. The average Bonchev–Trinajstić information content (AvgIpc) is 1.22. The molecule has 1 fully saturated rings. The van der Waals surface area contributed by atoms with E-state index in [1.807, 2.05) is 6.92 Å². The number of aryl methyl sites for hydroxylation is 1. The normalized spacial score (nSPS) is 14.4. The number of aromatic nitrogens is 2. The summed E-state index contributed by atoms with van der Waals surface area (Å²) in [5, 5.41) is 22.9. The third-order valence-corrected chi connectivity index (χ3v) is 43.3. The van der Waals surface area contributed by atoms with E-state index in [1.165, 1.54) is 51.0 Å². The molecule has 4 aliphatic rings. The van der Waals surface area contributed by atoms with Crippen molar-refractivity contribution in [3.63, 3.8) is 0 Å². The second-order valence-electron chi connectivity index (χ2n) is 33.1. The summed E-state index contributed by atoms with van der Waals surface area (Å²) in [5.74, 6) is 7.02. The Kier molecular flexibility index (Phi) is 52.6. The average molecular weight is 1950 g/mol. The Balaban J connectivity index is 0. The van der Waals surface area contributed by atoms with Crippen molar-refractivity contribution in [2.75, 3.05) is 71.8 Å². The zero-order valence-electron chi connectivity index (χ0n) is 71.1. The van der Waals surface area contributed by atoms with E-state index in [1.54, 1.807) is 42.5 Å². The number of carbonyl (C=O) groups is 6. The number of fused-ring (bicyclic) bond motifs is 3. The predicted molar refractivity (Wildman–Crippen MR) is 462 cm³/mol. The number of aliphatic hydroxyl groups is 1. The second kappa shape index (κ2) is 53.8. The maximum atomic E-state index is 13.2. The van der Waals surface area contributed by atoms with Crippen LogP contribution in [0.5, 0.6) is 0 Å². The summed E-state index contributed by atoms with van der Waals surface area (Å²) in [6, 6.07) is 17.6. The van der Waals surface area contributed by atoms with Crippen LogP contribution in [0.4, 0.5) is 10.3 Å². The first-order valence-corrected chi connectivity index (χ1v) is 55.5. The molecule has 8 rings (SSSR count). The Morgan fingerprint density at radius 3 is 1.27 bits per heavy atom. The number of nitrogens with one attached hydrogen (secondary N) is 1. The molecule has 3 aromatic carbocycles. The van der Waals surface area contributed by atoms with E-state index < -0.39 is 70.6 Å². The van der Waals surface area contributed by atoms with Gasteiger partial charge in [0.1, 0.15) is 10.8 Å². The molecular formula is C80H140BrFHgN8O18SSi4. The molecule has 4 aliphatic heterocycles. The van der Waals surface area contributed by atoms with E-state index in [0.29, 0.717) is 68.6 Å². The Hall–Kier alpha value is -4.62. The number of unbranched alkanes of at least 4 members (excludes halogenated alkanes) is 4. The zero-order valence-corrected chi connectivity index (χ0v) is 83.0. The minimum absolute atomic E-state index is 0. The predicted octanol–water partition coefficient (Wildman–Crippen LogP) is 17.8. The van der Waals surface area contributed by atoms with Gasteiger partial charge in [-0.1, -0.05) is 156 Å². The third kappa shape index (κ3) is 40.0. The molecule has 4 aromatic rings. The molecule has 1 aromatic heterocycles. The zero-order chi connectivity index (χ0) is 85.7. The van der Waals surface area contributed by atoms with Crippen molar-refractivity contribution in [3.8, 4) is 0 Å². The number of nitrogens with zero attached hydrogens (tertiary/aromatic N) is 4. The van der Waals surface area contributed by atoms with Crippen molar-refractivity contribution < 1.29 is 111 Å². The molecule has 0 spiro atoms. The molecule has 0 aliphatic carbocycles. The Bertz CT molecular complexity index is 3450. The number of thiocarbonyl (C=S) groups is 1. The number of anilines is 1. The van der Waals surface area contributed by atoms with E-state index >= 15 is 0 Å². The summed E-state index contributed by atoms with van der Waals surface area (Å²) in [6.07, 6.45) is 10.6. The van der Waals surface area contributed by atoms with Crippen LogP contribution in [0.2, 0.25) is 72.5 Å². The van der Waals surface area contributed by atoms with Crippen molar-refractivity contribution in [1.29, 1.82) is 0 Å². The SMILES string of the molecule is C.C.C1CCOC1.CC(=O)[O][Hg][O]C(C)=O.CC(C)(C)[Si](C)(C)OCCCCO.CC(C)(C)[Si](C)(C)OCCCCON.CC(C)(C)[Si](C)(C)OCCCCON.CC(C)(C)[Si](C)(C)OCCCCON1C(=O)c2ccccc2C1=O.Cc1nc(N)nc2c1C(=S)N[C@@H](c1ccc(F)cc1Br)C2.O=C1c2ccccc2C(=O)N1O. The van der Waals surface area contributed by atoms with Gasteiger partial charge in [-0.05, 0) is 186 Å². The summed E-state index contributed by atoms with van der Waals surface area (Å²) in [5.41, 5.74) is 10.4. The van der Waals surface area contributed by atoms with Gasteiger partial charge in [0, 0.05) is 57.1 Å². The first-order valence-electron chi connectivity index (χ1n) is 38.2. The van der Waals surface area contributed by atoms with Crippen LogP contribution in [0.3, 0.4) is 0 Å². The number of rotatable bonds is 27. The van der Waals surface area contributed by atoms with Crippen LogP contribution < -0.4 is 22.8 Å². The number of amides is 4. The molecule has 0 radical (unpaired) electrons. The number of nitrogens with two attached hydrogens (primary N) is 3. The summed E-state index contributed by atoms with van der Waals surface area (Å²) in [4.78, 5) is 89.9. The second-order valence-corrected chi connectivity index (χ2v) is 56.7. The maximum absolute atomic E-state index is 13.2. The molecule has 26 nitrogen and oxygen atoms in total. The smallest absolute Gasteiger partial charge is 0.285 e. The van der Waals surface area contributed by atoms with Gasteiger partial charge in [0.15, 0.2) is 33.3 Å². The van der Waals surface area contributed by atoms with E-state index in [9.17, 15) is 33.2 Å². The number of aliphatic hydroxyl groups excluding tert-OH is 1. The number of carbonyl (C=O) groups excluding carboxylic acids is 6. The fourth-order valence-corrected chi connectivity index (χ4v) is 15.9. The minimum Gasteiger partial charge on any atom is -0.417 e. The number of hydrogen-bond donors (Lipinski definition) is 6. The standard InChI is InChI=1S/C18H27NO4Si.C14H12BrFN4S.2C10H25NO2Si.C10H24O2Si.C8H5NO3.C4H8O.2C2H4O2.2CH4.Hg/c1-18(2,3)24(4,5)23-13-9-8-12-22-19-16(20)14-10-6-7-11-15(14)17(19)21;1-6-12-11(20-14(17)18-6)5-10(19-13(12)21)8-3-2-7(16)4-9(8)15;2*1-10(2,3)14(4,5)13-9-7-6-8-12-11;1-10(2,3)13(4,5)12-9-7-6-8-11;10-7-5-3-1-2-4-6(5)8(11)9(7)12;1-2-4-5-3-1;2*1-2(3)4;;;/h6-7,10-11H,8-9,12-13H2,1-5H3;2-4,10H,5H2,1H3,(H,19,21)(H2,17,18,20);2*6-9,11H2,1-5H3;11H,6-9H2,1-5H3;1-4,12H;1-4H2;2*1H3,(H,3,4);2*1H4;/q;;;;;;;;;;;+2/p-2/t;10-;;;;;;;;;;/m.1........../s1. The van der Waals surface area contributed by atoms with Gasteiger partial charge >= 0.3 is 66.2 Å². The van der Waals surface area contributed by atoms with Crippen molar-refractivity contribution in [3.05, 3.63) is 122 Å². The van der Waals surface area contributed by atoms with Crippen LogP contribution in [-0.2, 0) is 83.7 Å². The van der Waals surface area contributed by atoms with Crippen molar-refractivity contribution in [2.24, 2.45) is 11.8 Å². The summed E-state index contributed by atoms with van der Waals surface area (Å²) in [7, 11) is -6.33. The molecular weight excluding hydrogens is 1800 g/mol. The molecule has 1 saturated heterocycles. The fourth-order valence-electron chi connectivity index (χ4n) is 9.04. The number of halogens is 2. The number of ether oxygens (including phenoxy) is 1. The van der Waals surface area contributed by atoms with Crippen LogP contribution in [-0.4, -0.2) is 170 Å². The van der Waals surface area contributed by atoms with Gasteiger partial charge in [-0.3, -0.25) is 29.2 Å². The monoisotopic (exact) mass is 1940 g/mol. The van der Waals surface area contributed by atoms with Gasteiger partial charge < -0.3 is 48.3 Å². The van der Waals surface area contributed by atoms with Gasteiger partial charge in [0.2, 0.25) is 5.95 Å². The number of hydroxylamine groups is 4. The number of nitrogen functional groups attached to an aromatic ring is 1. The maximum Gasteiger partial charge on any atom is 0.285 e. The summed E-state index contributed by atoms with van der Waals surface area (Å²) >= 11 is 6.77. The van der Waals surface area contributed by atoms with Gasteiger partial charge in [0.25, 0.3) is 23.6 Å². The Labute approximate surface area is 712 Å². The van der Waals surface area contributed by atoms with Gasteiger partial charge in [-0.2, -0.15) is 0 Å². The molecule has 0 bridgehead atoms. The van der Waals surface area contributed by atoms with Crippen LogP contribution in [0.1, 0.15) is 246 Å². The van der Waals surface area contributed by atoms with Crippen molar-refractivity contribution in [2.45, 2.75) is 268 Å². The van der Waals surface area contributed by atoms with Crippen molar-refractivity contribution >= 4 is 108 Å². The van der Waals surface area contributed by atoms with Crippen LogP contribution in [0.25, 0.3) is 0 Å². The molecule has 114 heavy (non-hydrogen) atoms. The number of hydrogen-bond acceptors (Lipinski definition) is 24. The summed E-state index contributed by atoms with van der Waals surface area (Å²) < 4.78 is 51.8. The fraction of sp³-hybridized carbons (Fsp3) is 0.637. The number of imide groups is 2. The largest absolute Gasteiger partial charge is 0.417 e. The number of benzene rings is 3. The molecule has 34 heteroatoms. The summed E-state index contributed by atoms with van der Waals surface area (Å²) in [6.45, 7) is 56.4. The van der Waals surface area contributed by atoms with E-state index in [0.717, 1.165) is 112 Å². The quantitative estimate of drug-likeness (QED) is 0.00806. The molecule has 0 saturated carbocycles. The van der Waals surface area contributed by atoms with E-state index in [4.69, 9.17) is 67.3 Å². The first-order chi connectivity index (χ1) is 51.9. The molecule has 0 unspecified atom stereocenters. The molecule has 646 valence electrons. The van der Waals surface area contributed by atoms with Gasteiger partial charge in [-0.25, -0.2) is 26.2 Å². The Morgan fingerprint density at radius 2 is 0.947 bits per heavy atom. The van der Waals surface area contributed by atoms with Crippen LogP contribution in [0.15, 0.2) is 71.2 Å². The van der Waals surface area contributed by atoms with Crippen LogP contribution >= 0.6 is 28.1 Å². The molecule has 5 heterocycles.